The lowest BCUT2D eigenvalue weighted by molar-refractivity contribution is -0.119. The van der Waals surface area contributed by atoms with E-state index in [2.05, 4.69) is 10.6 Å². The maximum atomic E-state index is 12.2. The number of rotatable bonds is 4. The Balaban J connectivity index is 1.57. The lowest BCUT2D eigenvalue weighted by Crippen LogP contribution is -2.23. The van der Waals surface area contributed by atoms with Crippen LogP contribution in [0, 0.1) is 5.92 Å². The second-order valence-electron chi connectivity index (χ2n) is 6.30. The summed E-state index contributed by atoms with van der Waals surface area (Å²) >= 11 is 5.82. The maximum absolute atomic E-state index is 12.2. The highest BCUT2D eigenvalue weighted by molar-refractivity contribution is 6.30. The summed E-state index contributed by atoms with van der Waals surface area (Å²) in [6.45, 7) is 0. The van der Waals surface area contributed by atoms with E-state index >= 15 is 0 Å². The Morgan fingerprint density at radius 2 is 1.52 bits per heavy atom. The molecule has 0 spiro atoms. The van der Waals surface area contributed by atoms with Crippen LogP contribution in [0.5, 0.6) is 0 Å². The van der Waals surface area contributed by atoms with Crippen LogP contribution in [0.3, 0.4) is 0 Å². The van der Waals surface area contributed by atoms with Crippen LogP contribution in [0.2, 0.25) is 5.02 Å². The van der Waals surface area contributed by atoms with Crippen molar-refractivity contribution in [2.75, 3.05) is 10.6 Å². The lowest BCUT2D eigenvalue weighted by atomic mass is 10.1. The quantitative estimate of drug-likeness (QED) is 0.780. The molecule has 1 aliphatic carbocycles. The number of nitrogens with two attached hydrogens (primary N) is 1. The SMILES string of the molecule is NC1CCC(C(=O)Nc2ccc(NC(=O)c3ccc(Cl)cc3)cc2)C1. The molecule has 1 aliphatic rings. The zero-order valence-corrected chi connectivity index (χ0v) is 14.4. The molecule has 2 aromatic carbocycles. The molecule has 2 aromatic rings. The van der Waals surface area contributed by atoms with Gasteiger partial charge in [-0.05, 0) is 67.8 Å². The molecule has 5 nitrogen and oxygen atoms in total. The molecule has 0 aromatic heterocycles. The van der Waals surface area contributed by atoms with Crippen molar-refractivity contribution in [3.63, 3.8) is 0 Å². The van der Waals surface area contributed by atoms with Gasteiger partial charge in [0.05, 0.1) is 0 Å². The molecule has 1 saturated carbocycles. The molecular formula is C19H20ClN3O2. The van der Waals surface area contributed by atoms with Crippen molar-refractivity contribution in [3.8, 4) is 0 Å². The average molecular weight is 358 g/mol. The van der Waals surface area contributed by atoms with Crippen LogP contribution in [0.15, 0.2) is 48.5 Å². The van der Waals surface area contributed by atoms with Gasteiger partial charge in [0.15, 0.2) is 0 Å². The van der Waals surface area contributed by atoms with E-state index in [1.54, 1.807) is 48.5 Å². The molecule has 0 bridgehead atoms. The predicted molar refractivity (Wildman–Crippen MR) is 99.8 cm³/mol. The number of hydrogen-bond donors (Lipinski definition) is 3. The highest BCUT2D eigenvalue weighted by atomic mass is 35.5. The van der Waals surface area contributed by atoms with Gasteiger partial charge in [0.2, 0.25) is 5.91 Å². The summed E-state index contributed by atoms with van der Waals surface area (Å²) in [6.07, 6.45) is 2.47. The Labute approximate surface area is 151 Å². The normalized spacial score (nSPS) is 19.4. The average Bonchev–Trinajstić information content (AvgIpc) is 3.04. The fraction of sp³-hybridized carbons (Fsp3) is 0.263. The fourth-order valence-electron chi connectivity index (χ4n) is 2.94. The Morgan fingerprint density at radius 3 is 2.08 bits per heavy atom. The fourth-order valence-corrected chi connectivity index (χ4v) is 3.07. The van der Waals surface area contributed by atoms with Crippen molar-refractivity contribution in [2.24, 2.45) is 11.7 Å². The maximum Gasteiger partial charge on any atom is 0.255 e. The molecule has 6 heteroatoms. The smallest absolute Gasteiger partial charge is 0.255 e. The predicted octanol–water partition coefficient (Wildman–Crippen LogP) is 3.66. The molecule has 130 valence electrons. The van der Waals surface area contributed by atoms with Crippen molar-refractivity contribution >= 4 is 34.8 Å². The van der Waals surface area contributed by atoms with Crippen molar-refractivity contribution < 1.29 is 9.59 Å². The second kappa shape index (κ2) is 7.68. The van der Waals surface area contributed by atoms with Crippen molar-refractivity contribution in [1.82, 2.24) is 0 Å². The first-order valence-electron chi connectivity index (χ1n) is 8.24. The van der Waals surface area contributed by atoms with Gasteiger partial charge in [-0.3, -0.25) is 9.59 Å². The van der Waals surface area contributed by atoms with Crippen molar-refractivity contribution in [1.29, 1.82) is 0 Å². The summed E-state index contributed by atoms with van der Waals surface area (Å²) in [6, 6.07) is 13.8. The summed E-state index contributed by atoms with van der Waals surface area (Å²) in [5.41, 5.74) is 7.74. The van der Waals surface area contributed by atoms with Crippen LogP contribution >= 0.6 is 11.6 Å². The van der Waals surface area contributed by atoms with Gasteiger partial charge in [0, 0.05) is 33.9 Å². The zero-order valence-electron chi connectivity index (χ0n) is 13.7. The molecule has 1 fully saturated rings. The molecule has 2 amide bonds. The van der Waals surface area contributed by atoms with E-state index < -0.39 is 0 Å². The minimum Gasteiger partial charge on any atom is -0.328 e. The van der Waals surface area contributed by atoms with E-state index in [0.29, 0.717) is 22.0 Å². The van der Waals surface area contributed by atoms with Gasteiger partial charge in [-0.25, -0.2) is 0 Å². The molecule has 4 N–H and O–H groups in total. The summed E-state index contributed by atoms with van der Waals surface area (Å²) in [5.74, 6) is -0.224. The third kappa shape index (κ3) is 4.59. The van der Waals surface area contributed by atoms with Crippen LogP contribution in [-0.4, -0.2) is 17.9 Å². The summed E-state index contributed by atoms with van der Waals surface area (Å²) in [7, 11) is 0. The molecule has 0 radical (unpaired) electrons. The third-order valence-electron chi connectivity index (χ3n) is 4.36. The molecule has 0 heterocycles. The summed E-state index contributed by atoms with van der Waals surface area (Å²) in [5, 5.41) is 6.29. The topological polar surface area (TPSA) is 84.2 Å². The molecule has 0 aliphatic heterocycles. The van der Waals surface area contributed by atoms with Crippen molar-refractivity contribution in [3.05, 3.63) is 59.1 Å². The number of anilines is 2. The number of amides is 2. The van der Waals surface area contributed by atoms with Gasteiger partial charge in [-0.15, -0.1) is 0 Å². The monoisotopic (exact) mass is 357 g/mol. The number of hydrogen-bond acceptors (Lipinski definition) is 3. The molecule has 0 saturated heterocycles. The third-order valence-corrected chi connectivity index (χ3v) is 4.61. The molecule has 2 atom stereocenters. The Bertz CT molecular complexity index is 759. The summed E-state index contributed by atoms with van der Waals surface area (Å²) < 4.78 is 0. The Hall–Kier alpha value is -2.37. The first kappa shape index (κ1) is 17.5. The molecule has 2 unspecified atom stereocenters. The minimum atomic E-state index is -0.214. The van der Waals surface area contributed by atoms with Gasteiger partial charge in [-0.2, -0.15) is 0 Å². The van der Waals surface area contributed by atoms with Crippen LogP contribution < -0.4 is 16.4 Å². The van der Waals surface area contributed by atoms with Gasteiger partial charge in [0.25, 0.3) is 5.91 Å². The van der Waals surface area contributed by atoms with Crippen LogP contribution in [0.1, 0.15) is 29.6 Å². The van der Waals surface area contributed by atoms with Crippen molar-refractivity contribution in [2.45, 2.75) is 25.3 Å². The van der Waals surface area contributed by atoms with Gasteiger partial charge >= 0.3 is 0 Å². The Morgan fingerprint density at radius 1 is 0.920 bits per heavy atom. The van der Waals surface area contributed by atoms with Gasteiger partial charge in [0.1, 0.15) is 0 Å². The van der Waals surface area contributed by atoms with Crippen LogP contribution in [-0.2, 0) is 4.79 Å². The molecule has 25 heavy (non-hydrogen) atoms. The first-order chi connectivity index (χ1) is 12.0. The largest absolute Gasteiger partial charge is 0.328 e. The molecular weight excluding hydrogens is 338 g/mol. The minimum absolute atomic E-state index is 0.00546. The Kier molecular flexibility index (Phi) is 5.36. The second-order valence-corrected chi connectivity index (χ2v) is 6.73. The van der Waals surface area contributed by atoms with E-state index in [4.69, 9.17) is 17.3 Å². The van der Waals surface area contributed by atoms with E-state index in [9.17, 15) is 9.59 Å². The summed E-state index contributed by atoms with van der Waals surface area (Å²) in [4.78, 5) is 24.3. The standard InChI is InChI=1S/C19H20ClN3O2/c20-14-4-1-12(2-5-14)18(24)22-16-7-9-17(10-8-16)23-19(25)13-3-6-15(21)11-13/h1-2,4-5,7-10,13,15H,3,6,11,21H2,(H,22,24)(H,23,25). The van der Waals surface area contributed by atoms with E-state index in [0.717, 1.165) is 19.3 Å². The van der Waals surface area contributed by atoms with E-state index in [-0.39, 0.29) is 23.8 Å². The number of nitrogens with one attached hydrogen (secondary N) is 2. The number of carbonyl (C=O) groups excluding carboxylic acids is 2. The van der Waals surface area contributed by atoms with E-state index in [1.807, 2.05) is 0 Å². The highest BCUT2D eigenvalue weighted by Crippen LogP contribution is 2.25. The number of carbonyl (C=O) groups is 2. The van der Waals surface area contributed by atoms with E-state index in [1.165, 1.54) is 0 Å². The van der Waals surface area contributed by atoms with Crippen LogP contribution in [0.4, 0.5) is 11.4 Å². The highest BCUT2D eigenvalue weighted by Gasteiger charge is 2.27. The number of benzene rings is 2. The first-order valence-corrected chi connectivity index (χ1v) is 8.62. The van der Waals surface area contributed by atoms with Gasteiger partial charge in [-0.1, -0.05) is 11.6 Å². The molecule has 3 rings (SSSR count). The zero-order chi connectivity index (χ0) is 17.8. The number of halogens is 1. The lowest BCUT2D eigenvalue weighted by Gasteiger charge is -2.11. The van der Waals surface area contributed by atoms with Crippen LogP contribution in [0.25, 0.3) is 0 Å². The van der Waals surface area contributed by atoms with Gasteiger partial charge < -0.3 is 16.4 Å².